The fraction of sp³-hybridized carbons (Fsp3) is 0.533. The van der Waals surface area contributed by atoms with Crippen LogP contribution in [0.4, 0.5) is 10.5 Å². The molecule has 7 heteroatoms. The summed E-state index contributed by atoms with van der Waals surface area (Å²) < 4.78 is 5.85. The maximum atomic E-state index is 12.5. The van der Waals surface area contributed by atoms with Crippen molar-refractivity contribution in [1.82, 2.24) is 4.90 Å². The van der Waals surface area contributed by atoms with Crippen molar-refractivity contribution in [3.63, 3.8) is 0 Å². The van der Waals surface area contributed by atoms with Gasteiger partial charge in [-0.1, -0.05) is 15.9 Å². The van der Waals surface area contributed by atoms with E-state index < -0.39 is 22.1 Å². The van der Waals surface area contributed by atoms with E-state index in [1.54, 1.807) is 11.0 Å². The summed E-state index contributed by atoms with van der Waals surface area (Å²) in [6.07, 6.45) is -0.620. The quantitative estimate of drug-likeness (QED) is 0.554. The lowest BCUT2D eigenvalue weighted by atomic mass is 9.97. The lowest BCUT2D eigenvalue weighted by Crippen LogP contribution is -2.56. The molecule has 1 aromatic carbocycles. The van der Waals surface area contributed by atoms with Gasteiger partial charge in [0.1, 0.15) is 0 Å². The van der Waals surface area contributed by atoms with Crippen LogP contribution in [-0.4, -0.2) is 27.0 Å². The van der Waals surface area contributed by atoms with Gasteiger partial charge < -0.3 is 4.74 Å². The van der Waals surface area contributed by atoms with E-state index in [2.05, 4.69) is 15.9 Å². The summed E-state index contributed by atoms with van der Waals surface area (Å²) in [6, 6.07) is 4.30. The molecule has 0 radical (unpaired) electrons. The molecular weight excluding hydrogens is 352 g/mol. The van der Waals surface area contributed by atoms with E-state index in [0.717, 1.165) is 0 Å². The number of nitro benzene ring substituents is 1. The van der Waals surface area contributed by atoms with E-state index in [1.165, 1.54) is 12.1 Å². The van der Waals surface area contributed by atoms with Crippen LogP contribution in [0.15, 0.2) is 22.7 Å². The van der Waals surface area contributed by atoms with Gasteiger partial charge in [-0.05, 0) is 53.7 Å². The molecule has 0 saturated carbocycles. The molecule has 0 aliphatic carbocycles. The van der Waals surface area contributed by atoms with Crippen LogP contribution in [0, 0.1) is 10.1 Å². The first-order valence-electron chi connectivity index (χ1n) is 6.80. The standard InChI is InChI=1S/C15H21BrN2O4/c1-14(2,3)17(15(4,5)6)13(19)22-12-8-7-10(16)9-11(12)18(20)21/h7-9H,1-6H3. The Kier molecular flexibility index (Phi) is 5.22. The van der Waals surface area contributed by atoms with Gasteiger partial charge in [0, 0.05) is 21.6 Å². The third kappa shape index (κ3) is 4.43. The van der Waals surface area contributed by atoms with Gasteiger partial charge in [-0.15, -0.1) is 0 Å². The predicted octanol–water partition coefficient (Wildman–Crippen LogP) is 4.76. The molecule has 0 heterocycles. The van der Waals surface area contributed by atoms with Crippen molar-refractivity contribution >= 4 is 27.7 Å². The molecule has 122 valence electrons. The highest BCUT2D eigenvalue weighted by Crippen LogP contribution is 2.32. The Morgan fingerprint density at radius 1 is 1.18 bits per heavy atom. The minimum atomic E-state index is -0.620. The van der Waals surface area contributed by atoms with Crippen LogP contribution in [-0.2, 0) is 0 Å². The fourth-order valence-corrected chi connectivity index (χ4v) is 2.76. The van der Waals surface area contributed by atoms with Crippen LogP contribution < -0.4 is 4.74 Å². The minimum absolute atomic E-state index is 0.0725. The van der Waals surface area contributed by atoms with Crippen LogP contribution in [0.25, 0.3) is 0 Å². The Bertz CT molecular complexity index is 574. The number of benzene rings is 1. The maximum absolute atomic E-state index is 12.5. The number of amides is 1. The second kappa shape index (κ2) is 6.24. The van der Waals surface area contributed by atoms with Gasteiger partial charge in [-0.2, -0.15) is 0 Å². The summed E-state index contributed by atoms with van der Waals surface area (Å²) in [7, 11) is 0. The van der Waals surface area contributed by atoms with Gasteiger partial charge in [0.15, 0.2) is 0 Å². The molecule has 0 unspecified atom stereocenters. The molecule has 0 bridgehead atoms. The molecule has 0 saturated heterocycles. The number of carbonyl (C=O) groups excluding carboxylic acids is 1. The van der Waals surface area contributed by atoms with Gasteiger partial charge in [-0.25, -0.2) is 4.79 Å². The highest BCUT2D eigenvalue weighted by atomic mass is 79.9. The van der Waals surface area contributed by atoms with Crippen molar-refractivity contribution in [3.8, 4) is 5.75 Å². The Hall–Kier alpha value is -1.63. The van der Waals surface area contributed by atoms with Gasteiger partial charge in [0.05, 0.1) is 4.92 Å². The number of nitrogens with zero attached hydrogens (tertiary/aromatic N) is 2. The van der Waals surface area contributed by atoms with E-state index in [9.17, 15) is 14.9 Å². The zero-order valence-electron chi connectivity index (χ0n) is 13.6. The van der Waals surface area contributed by atoms with E-state index in [0.29, 0.717) is 4.47 Å². The molecule has 0 aromatic heterocycles. The summed E-state index contributed by atoms with van der Waals surface area (Å²) in [6.45, 7) is 11.3. The molecule has 0 spiro atoms. The largest absolute Gasteiger partial charge is 0.416 e. The molecule has 0 fully saturated rings. The van der Waals surface area contributed by atoms with Crippen LogP contribution in [0.5, 0.6) is 5.75 Å². The lowest BCUT2D eigenvalue weighted by Gasteiger charge is -2.44. The lowest BCUT2D eigenvalue weighted by molar-refractivity contribution is -0.385. The second-order valence-corrected chi connectivity index (χ2v) is 7.83. The van der Waals surface area contributed by atoms with Crippen LogP contribution in [0.2, 0.25) is 0 Å². The number of hydrogen-bond acceptors (Lipinski definition) is 4. The molecule has 0 atom stereocenters. The van der Waals surface area contributed by atoms with Gasteiger partial charge in [-0.3, -0.25) is 15.0 Å². The SMILES string of the molecule is CC(C)(C)N(C(=O)Oc1ccc(Br)cc1[N+](=O)[O-])C(C)(C)C. The number of halogens is 1. The zero-order chi connectivity index (χ0) is 17.3. The number of ether oxygens (including phenoxy) is 1. The average molecular weight is 373 g/mol. The third-order valence-electron chi connectivity index (χ3n) is 2.84. The van der Waals surface area contributed by atoms with Crippen molar-refractivity contribution in [2.24, 2.45) is 0 Å². The molecule has 0 N–H and O–H groups in total. The summed E-state index contributed by atoms with van der Waals surface area (Å²) in [5.41, 5.74) is -1.23. The van der Waals surface area contributed by atoms with Crippen molar-refractivity contribution in [3.05, 3.63) is 32.8 Å². The first-order chi connectivity index (χ1) is 9.84. The highest BCUT2D eigenvalue weighted by molar-refractivity contribution is 9.10. The minimum Gasteiger partial charge on any atom is -0.403 e. The van der Waals surface area contributed by atoms with Gasteiger partial charge in [0.25, 0.3) is 0 Å². The fourth-order valence-electron chi connectivity index (χ4n) is 2.41. The van der Waals surface area contributed by atoms with Crippen LogP contribution in [0.1, 0.15) is 41.5 Å². The van der Waals surface area contributed by atoms with Crippen molar-refractivity contribution in [2.45, 2.75) is 52.6 Å². The average Bonchev–Trinajstić information content (AvgIpc) is 2.27. The first kappa shape index (κ1) is 18.4. The first-order valence-corrected chi connectivity index (χ1v) is 7.59. The molecule has 22 heavy (non-hydrogen) atoms. The normalized spacial score (nSPS) is 12.0. The van der Waals surface area contributed by atoms with E-state index in [4.69, 9.17) is 4.74 Å². The maximum Gasteiger partial charge on any atom is 0.416 e. The van der Waals surface area contributed by atoms with E-state index in [-0.39, 0.29) is 11.4 Å². The Morgan fingerprint density at radius 2 is 1.68 bits per heavy atom. The molecule has 1 aromatic rings. The van der Waals surface area contributed by atoms with Crippen molar-refractivity contribution < 1.29 is 14.5 Å². The second-order valence-electron chi connectivity index (χ2n) is 6.91. The molecule has 0 aliphatic rings. The summed E-state index contributed by atoms with van der Waals surface area (Å²) >= 11 is 3.17. The van der Waals surface area contributed by atoms with Crippen LogP contribution in [0.3, 0.4) is 0 Å². The topological polar surface area (TPSA) is 72.7 Å². The Morgan fingerprint density at radius 3 is 2.09 bits per heavy atom. The summed E-state index contributed by atoms with van der Waals surface area (Å²) in [4.78, 5) is 24.6. The van der Waals surface area contributed by atoms with E-state index in [1.807, 2.05) is 41.5 Å². The van der Waals surface area contributed by atoms with Crippen molar-refractivity contribution in [1.29, 1.82) is 0 Å². The predicted molar refractivity (Wildman–Crippen MR) is 88.2 cm³/mol. The Labute approximate surface area is 138 Å². The number of rotatable bonds is 2. The van der Waals surface area contributed by atoms with E-state index >= 15 is 0 Å². The Balaban J connectivity index is 3.18. The summed E-state index contributed by atoms with van der Waals surface area (Å²) in [5, 5.41) is 11.1. The monoisotopic (exact) mass is 372 g/mol. The van der Waals surface area contributed by atoms with Crippen LogP contribution >= 0.6 is 15.9 Å². The molecule has 1 amide bonds. The molecule has 6 nitrogen and oxygen atoms in total. The number of hydrogen-bond donors (Lipinski definition) is 0. The third-order valence-corrected chi connectivity index (χ3v) is 3.33. The molecule has 1 rings (SSSR count). The number of nitro groups is 1. The van der Waals surface area contributed by atoms with Crippen molar-refractivity contribution in [2.75, 3.05) is 0 Å². The smallest absolute Gasteiger partial charge is 0.403 e. The highest BCUT2D eigenvalue weighted by Gasteiger charge is 2.37. The molecular formula is C15H21BrN2O4. The number of carbonyl (C=O) groups is 1. The van der Waals surface area contributed by atoms with Gasteiger partial charge >= 0.3 is 11.8 Å². The summed E-state index contributed by atoms with van der Waals surface area (Å²) in [5.74, 6) is -0.0725. The zero-order valence-corrected chi connectivity index (χ0v) is 15.2. The molecule has 0 aliphatic heterocycles. The van der Waals surface area contributed by atoms with Gasteiger partial charge in [0.2, 0.25) is 5.75 Å².